The molecule has 1 aromatic heterocycles. The maximum atomic E-state index is 13.8. The highest BCUT2D eigenvalue weighted by atomic mass is 79.9. The van der Waals surface area contributed by atoms with E-state index in [2.05, 4.69) is 15.9 Å². The van der Waals surface area contributed by atoms with Gasteiger partial charge in [0.1, 0.15) is 22.8 Å². The van der Waals surface area contributed by atoms with E-state index in [4.69, 9.17) is 5.73 Å². The van der Waals surface area contributed by atoms with Gasteiger partial charge in [-0.1, -0.05) is 0 Å². The maximum absolute atomic E-state index is 13.8. The minimum absolute atomic E-state index is 0.0367. The standard InChI is InChI=1S/C15H12BrFN2O5/c1-4-3-6(17)11(16)5(2)7(4)8-9(14(21)22)12(18)19-13(20)10(8)15(23)24/h3H,1-2H3,(H,21,22)(H,23,24)(H3,18,19,20). The fourth-order valence-electron chi connectivity index (χ4n) is 2.59. The first kappa shape index (κ1) is 17.7. The number of pyridine rings is 1. The van der Waals surface area contributed by atoms with Crippen LogP contribution < -0.4 is 11.3 Å². The number of carbonyl (C=O) groups is 2. The van der Waals surface area contributed by atoms with Crippen molar-refractivity contribution in [1.82, 2.24) is 4.98 Å². The van der Waals surface area contributed by atoms with Crippen LogP contribution in [-0.2, 0) is 0 Å². The molecule has 0 radical (unpaired) electrons. The lowest BCUT2D eigenvalue weighted by Crippen LogP contribution is -2.24. The number of hydrogen-bond donors (Lipinski definition) is 4. The molecule has 0 aliphatic rings. The number of hydrogen-bond acceptors (Lipinski definition) is 4. The Morgan fingerprint density at radius 1 is 1.17 bits per heavy atom. The van der Waals surface area contributed by atoms with E-state index in [9.17, 15) is 29.0 Å². The van der Waals surface area contributed by atoms with Crippen molar-refractivity contribution in [2.75, 3.05) is 5.73 Å². The van der Waals surface area contributed by atoms with Crippen LogP contribution >= 0.6 is 15.9 Å². The Morgan fingerprint density at radius 2 is 1.71 bits per heavy atom. The van der Waals surface area contributed by atoms with Crippen molar-refractivity contribution in [2.24, 2.45) is 0 Å². The number of anilines is 1. The normalized spacial score (nSPS) is 10.7. The molecule has 0 spiro atoms. The summed E-state index contributed by atoms with van der Waals surface area (Å²) >= 11 is 3.03. The van der Waals surface area contributed by atoms with Crippen LogP contribution in [0.5, 0.6) is 0 Å². The number of nitrogens with one attached hydrogen (secondary N) is 1. The van der Waals surface area contributed by atoms with Gasteiger partial charge in [0.15, 0.2) is 0 Å². The van der Waals surface area contributed by atoms with Gasteiger partial charge in [0.05, 0.1) is 4.47 Å². The molecule has 0 fully saturated rings. The van der Waals surface area contributed by atoms with Crippen molar-refractivity contribution < 1.29 is 24.2 Å². The lowest BCUT2D eigenvalue weighted by atomic mass is 9.89. The van der Waals surface area contributed by atoms with E-state index in [0.717, 1.165) is 6.07 Å². The van der Waals surface area contributed by atoms with Crippen molar-refractivity contribution in [2.45, 2.75) is 13.8 Å². The zero-order valence-corrected chi connectivity index (χ0v) is 14.1. The largest absolute Gasteiger partial charge is 0.478 e. The van der Waals surface area contributed by atoms with Gasteiger partial charge in [0.2, 0.25) is 0 Å². The fraction of sp³-hybridized carbons (Fsp3) is 0.133. The van der Waals surface area contributed by atoms with Crippen LogP contribution in [0.4, 0.5) is 10.2 Å². The Bertz CT molecular complexity index is 952. The number of nitrogen functional groups attached to an aromatic ring is 1. The van der Waals surface area contributed by atoms with Crippen LogP contribution in [0.15, 0.2) is 15.3 Å². The monoisotopic (exact) mass is 398 g/mol. The summed E-state index contributed by atoms with van der Waals surface area (Å²) in [6, 6.07) is 1.11. The topological polar surface area (TPSA) is 133 Å². The van der Waals surface area contributed by atoms with Crippen LogP contribution in [0.3, 0.4) is 0 Å². The lowest BCUT2D eigenvalue weighted by Gasteiger charge is -2.17. The molecule has 0 amide bonds. The lowest BCUT2D eigenvalue weighted by molar-refractivity contribution is 0.0695. The van der Waals surface area contributed by atoms with E-state index in [1.165, 1.54) is 13.8 Å². The number of H-pyrrole nitrogens is 1. The van der Waals surface area contributed by atoms with Gasteiger partial charge < -0.3 is 20.9 Å². The molecule has 0 saturated heterocycles. The number of nitrogens with two attached hydrogens (primary N) is 1. The summed E-state index contributed by atoms with van der Waals surface area (Å²) in [5, 5.41) is 18.8. The van der Waals surface area contributed by atoms with E-state index in [-0.39, 0.29) is 26.7 Å². The molecule has 7 nitrogen and oxygen atoms in total. The van der Waals surface area contributed by atoms with Gasteiger partial charge in [-0.3, -0.25) is 4.79 Å². The summed E-state index contributed by atoms with van der Waals surface area (Å²) in [6.07, 6.45) is 0. The molecule has 9 heteroatoms. The van der Waals surface area contributed by atoms with Crippen LogP contribution in [0.25, 0.3) is 11.1 Å². The molecule has 2 rings (SSSR count). The first-order valence-corrected chi connectivity index (χ1v) is 7.35. The molecule has 1 aromatic carbocycles. The van der Waals surface area contributed by atoms with E-state index in [1.54, 1.807) is 0 Å². The van der Waals surface area contributed by atoms with Gasteiger partial charge in [-0.15, -0.1) is 0 Å². The number of aromatic amines is 1. The fourth-order valence-corrected chi connectivity index (χ4v) is 2.90. The molecule has 2 aromatic rings. The third-order valence-corrected chi connectivity index (χ3v) is 4.55. The van der Waals surface area contributed by atoms with Crippen molar-refractivity contribution >= 4 is 33.7 Å². The number of rotatable bonds is 3. The third-order valence-electron chi connectivity index (χ3n) is 3.57. The number of aryl methyl sites for hydroxylation is 1. The summed E-state index contributed by atoms with van der Waals surface area (Å²) in [5.41, 5.74) is 3.50. The zero-order valence-electron chi connectivity index (χ0n) is 12.5. The smallest absolute Gasteiger partial charge is 0.342 e. The van der Waals surface area contributed by atoms with Crippen LogP contribution in [0.2, 0.25) is 0 Å². The Kier molecular flexibility index (Phi) is 4.48. The minimum atomic E-state index is -1.62. The summed E-state index contributed by atoms with van der Waals surface area (Å²) in [6.45, 7) is 2.95. The average Bonchev–Trinajstić information content (AvgIpc) is 2.43. The van der Waals surface area contributed by atoms with E-state index in [0.29, 0.717) is 0 Å². The molecule has 0 aliphatic heterocycles. The minimum Gasteiger partial charge on any atom is -0.478 e. The van der Waals surface area contributed by atoms with Crippen molar-refractivity contribution in [3.8, 4) is 11.1 Å². The summed E-state index contributed by atoms with van der Waals surface area (Å²) < 4.78 is 13.9. The first-order chi connectivity index (χ1) is 11.1. The molecule has 0 aliphatic carbocycles. The molecule has 5 N–H and O–H groups in total. The number of aromatic carboxylic acids is 2. The number of carboxylic acids is 2. The van der Waals surface area contributed by atoms with Gasteiger partial charge in [0, 0.05) is 5.56 Å². The molecule has 0 saturated carbocycles. The van der Waals surface area contributed by atoms with E-state index >= 15 is 0 Å². The second-order valence-electron chi connectivity index (χ2n) is 5.09. The Labute approximate surface area is 143 Å². The number of benzene rings is 1. The van der Waals surface area contributed by atoms with Gasteiger partial charge in [-0.05, 0) is 52.5 Å². The van der Waals surface area contributed by atoms with Gasteiger partial charge in [-0.2, -0.15) is 0 Å². The zero-order chi connectivity index (χ0) is 18.3. The number of aromatic nitrogens is 1. The molecule has 0 unspecified atom stereocenters. The SMILES string of the molecule is Cc1cc(F)c(Br)c(C)c1-c1c(C(=O)O)c(N)[nH]c(=O)c1C(=O)O. The highest BCUT2D eigenvalue weighted by Gasteiger charge is 2.29. The predicted octanol–water partition coefficient (Wildman–Crippen LogP) is 2.54. The molecular weight excluding hydrogens is 387 g/mol. The van der Waals surface area contributed by atoms with Gasteiger partial charge in [-0.25, -0.2) is 14.0 Å². The average molecular weight is 399 g/mol. The van der Waals surface area contributed by atoms with Gasteiger partial charge in [0.25, 0.3) is 5.56 Å². The van der Waals surface area contributed by atoms with Crippen LogP contribution in [0.1, 0.15) is 31.8 Å². The molecule has 126 valence electrons. The van der Waals surface area contributed by atoms with E-state index in [1.807, 2.05) is 4.98 Å². The summed E-state index contributed by atoms with van der Waals surface area (Å²) in [5.74, 6) is -4.21. The Hall–Kier alpha value is -2.68. The van der Waals surface area contributed by atoms with Crippen LogP contribution in [-0.4, -0.2) is 27.1 Å². The summed E-state index contributed by atoms with van der Waals surface area (Å²) in [4.78, 5) is 37.2. The maximum Gasteiger partial charge on any atom is 0.342 e. The molecule has 1 heterocycles. The van der Waals surface area contributed by atoms with Crippen molar-refractivity contribution in [3.05, 3.63) is 49.0 Å². The number of carboxylic acid groups (broad SMARTS) is 2. The molecule has 0 bridgehead atoms. The van der Waals surface area contributed by atoms with E-state index < -0.39 is 40.3 Å². The van der Waals surface area contributed by atoms with Crippen molar-refractivity contribution in [3.63, 3.8) is 0 Å². The molecule has 0 atom stereocenters. The molecular formula is C15H12BrFN2O5. The second kappa shape index (κ2) is 6.08. The number of halogens is 2. The highest BCUT2D eigenvalue weighted by molar-refractivity contribution is 9.10. The predicted molar refractivity (Wildman–Crippen MR) is 88.0 cm³/mol. The third kappa shape index (κ3) is 2.67. The highest BCUT2D eigenvalue weighted by Crippen LogP contribution is 2.38. The molecule has 24 heavy (non-hydrogen) atoms. The Morgan fingerprint density at radius 3 is 2.21 bits per heavy atom. The quantitative estimate of drug-likeness (QED) is 0.627. The van der Waals surface area contributed by atoms with Gasteiger partial charge >= 0.3 is 11.9 Å². The first-order valence-electron chi connectivity index (χ1n) is 6.55. The second-order valence-corrected chi connectivity index (χ2v) is 5.89. The van der Waals surface area contributed by atoms with Crippen LogP contribution in [0, 0.1) is 19.7 Å². The summed E-state index contributed by atoms with van der Waals surface area (Å²) in [7, 11) is 0. The Balaban J connectivity index is 3.15. The van der Waals surface area contributed by atoms with Crippen molar-refractivity contribution in [1.29, 1.82) is 0 Å².